The van der Waals surface area contributed by atoms with Crippen LogP contribution in [0.25, 0.3) is 6.08 Å². The van der Waals surface area contributed by atoms with E-state index in [1.54, 1.807) is 12.2 Å². The van der Waals surface area contributed by atoms with Crippen molar-refractivity contribution in [1.82, 2.24) is 19.8 Å². The predicted octanol–water partition coefficient (Wildman–Crippen LogP) is -4.38. The average molecular weight is 308 g/mol. The fraction of sp³-hybridized carbons (Fsp3) is 0.357. The molecule has 1 amide bonds. The number of nitrogens with one attached hydrogen (secondary N) is 1. The van der Waals surface area contributed by atoms with Gasteiger partial charge >= 0.3 is 29.6 Å². The van der Waals surface area contributed by atoms with Gasteiger partial charge < -0.3 is 19.8 Å². The van der Waals surface area contributed by atoms with Gasteiger partial charge in [-0.1, -0.05) is 6.08 Å². The maximum atomic E-state index is 12.1. The second kappa shape index (κ2) is 5.66. The van der Waals surface area contributed by atoms with Crippen LogP contribution in [0.5, 0.6) is 0 Å². The van der Waals surface area contributed by atoms with Crippen LogP contribution in [0.3, 0.4) is 0 Å². The van der Waals surface area contributed by atoms with E-state index in [9.17, 15) is 14.7 Å². The van der Waals surface area contributed by atoms with Crippen LogP contribution in [0.2, 0.25) is 0 Å². The Hall–Kier alpha value is -1.41. The Morgan fingerprint density at radius 3 is 3.05 bits per heavy atom. The summed E-state index contributed by atoms with van der Waals surface area (Å²) in [5.74, 6) is -0.609. The SMILES string of the molecule is O=C([O-])C1=CCC2/C(=C\c3cn4c(n3)CNCC4)C(=O)N12.[Na+]. The second-order valence-electron chi connectivity index (χ2n) is 5.36. The number of nitrogens with zero attached hydrogens (tertiary/aromatic N) is 3. The van der Waals surface area contributed by atoms with Crippen LogP contribution in [0, 0.1) is 0 Å². The molecule has 1 unspecified atom stereocenters. The van der Waals surface area contributed by atoms with Crippen LogP contribution >= 0.6 is 0 Å². The quantitative estimate of drug-likeness (QED) is 0.339. The maximum Gasteiger partial charge on any atom is 1.00 e. The van der Waals surface area contributed by atoms with Crippen LogP contribution in [-0.4, -0.2) is 38.9 Å². The van der Waals surface area contributed by atoms with Crippen molar-refractivity contribution in [2.24, 2.45) is 0 Å². The number of carbonyl (C=O) groups excluding carboxylic acids is 2. The molecule has 0 aromatic carbocycles. The second-order valence-corrected chi connectivity index (χ2v) is 5.36. The third-order valence-electron chi connectivity index (χ3n) is 4.13. The van der Waals surface area contributed by atoms with Gasteiger partial charge in [0.15, 0.2) is 0 Å². The largest absolute Gasteiger partial charge is 1.00 e. The van der Waals surface area contributed by atoms with E-state index in [0.717, 1.165) is 31.2 Å². The van der Waals surface area contributed by atoms with Gasteiger partial charge in [-0.25, -0.2) is 4.98 Å². The van der Waals surface area contributed by atoms with E-state index in [1.807, 2.05) is 6.20 Å². The summed E-state index contributed by atoms with van der Waals surface area (Å²) in [4.78, 5) is 28.8. The molecular weight excluding hydrogens is 295 g/mol. The van der Waals surface area contributed by atoms with E-state index in [2.05, 4.69) is 14.9 Å². The van der Waals surface area contributed by atoms with E-state index >= 15 is 0 Å². The minimum atomic E-state index is -1.30. The summed E-state index contributed by atoms with van der Waals surface area (Å²) in [6.07, 6.45) is 5.76. The topological polar surface area (TPSA) is 90.3 Å². The van der Waals surface area contributed by atoms with E-state index in [1.165, 1.54) is 4.90 Å². The molecule has 0 bridgehead atoms. The minimum absolute atomic E-state index is 0. The van der Waals surface area contributed by atoms with Gasteiger partial charge in [-0.3, -0.25) is 9.69 Å². The summed E-state index contributed by atoms with van der Waals surface area (Å²) in [7, 11) is 0. The third-order valence-corrected chi connectivity index (χ3v) is 4.13. The van der Waals surface area contributed by atoms with Gasteiger partial charge in [-0.05, 0) is 12.5 Å². The summed E-state index contributed by atoms with van der Waals surface area (Å²) in [5.41, 5.74) is 1.35. The Kier molecular flexibility index (Phi) is 3.98. The fourth-order valence-corrected chi connectivity index (χ4v) is 3.11. The maximum absolute atomic E-state index is 12.1. The molecule has 1 saturated heterocycles. The molecule has 1 fully saturated rings. The van der Waals surface area contributed by atoms with Gasteiger partial charge in [-0.2, -0.15) is 0 Å². The molecule has 1 atom stereocenters. The zero-order valence-corrected chi connectivity index (χ0v) is 14.2. The smallest absolute Gasteiger partial charge is 0.543 e. The van der Waals surface area contributed by atoms with E-state index in [0.29, 0.717) is 12.0 Å². The van der Waals surface area contributed by atoms with E-state index in [4.69, 9.17) is 0 Å². The molecule has 8 heteroatoms. The number of aliphatic carboxylic acids is 1. The molecule has 22 heavy (non-hydrogen) atoms. The predicted molar refractivity (Wildman–Crippen MR) is 70.3 cm³/mol. The Morgan fingerprint density at radius 2 is 2.32 bits per heavy atom. The fourth-order valence-electron chi connectivity index (χ4n) is 3.11. The Morgan fingerprint density at radius 1 is 1.50 bits per heavy atom. The van der Waals surface area contributed by atoms with E-state index < -0.39 is 5.97 Å². The van der Waals surface area contributed by atoms with Crippen molar-refractivity contribution >= 4 is 18.0 Å². The van der Waals surface area contributed by atoms with Crippen molar-refractivity contribution in [3.63, 3.8) is 0 Å². The number of carbonyl (C=O) groups is 2. The van der Waals surface area contributed by atoms with Crippen LogP contribution in [0.4, 0.5) is 0 Å². The minimum Gasteiger partial charge on any atom is -0.543 e. The standard InChI is InChI=1S/C14H14N4O3.Na/c19-13-9(10-1-2-11(14(20)21)18(10)13)5-8-7-17-4-3-15-6-12(17)16-8;/h2,5,7,10,15H,1,3-4,6H2,(H,20,21);/q;+1/p-1/b9-5+;. The molecule has 1 aromatic heterocycles. The van der Waals surface area contributed by atoms with Crippen molar-refractivity contribution in [1.29, 1.82) is 0 Å². The summed E-state index contributed by atoms with van der Waals surface area (Å²) in [5, 5.41) is 14.2. The summed E-state index contributed by atoms with van der Waals surface area (Å²) in [6.45, 7) is 2.50. The number of carboxylic acids is 1. The Labute approximate surface area is 149 Å². The molecule has 0 saturated carbocycles. The van der Waals surface area contributed by atoms with Gasteiger partial charge in [0, 0.05) is 24.9 Å². The molecule has 4 heterocycles. The van der Waals surface area contributed by atoms with Crippen LogP contribution < -0.4 is 40.0 Å². The molecule has 1 N–H and O–H groups in total. The van der Waals surface area contributed by atoms with Crippen molar-refractivity contribution in [2.45, 2.75) is 25.6 Å². The molecule has 4 rings (SSSR count). The number of rotatable bonds is 2. The molecule has 0 spiro atoms. The number of amides is 1. The molecule has 0 aliphatic carbocycles. The van der Waals surface area contributed by atoms with Crippen LogP contribution in [-0.2, 0) is 22.7 Å². The van der Waals surface area contributed by atoms with Gasteiger partial charge in [0.1, 0.15) is 5.82 Å². The number of fused-ring (bicyclic) bond motifs is 2. The van der Waals surface area contributed by atoms with Crippen molar-refractivity contribution in [2.75, 3.05) is 6.54 Å². The first kappa shape index (κ1) is 15.5. The number of imidazole rings is 1. The number of aromatic nitrogens is 2. The number of hydrogen-bond acceptors (Lipinski definition) is 5. The summed E-state index contributed by atoms with van der Waals surface area (Å²) >= 11 is 0. The normalized spacial score (nSPS) is 24.3. The van der Waals surface area contributed by atoms with E-state index in [-0.39, 0.29) is 47.2 Å². The number of carboxylic acid groups (broad SMARTS) is 1. The summed E-state index contributed by atoms with van der Waals surface area (Å²) < 4.78 is 2.07. The molecule has 108 valence electrons. The van der Waals surface area contributed by atoms with Crippen molar-refractivity contribution < 1.29 is 44.3 Å². The van der Waals surface area contributed by atoms with Gasteiger partial charge in [-0.15, -0.1) is 0 Å². The monoisotopic (exact) mass is 308 g/mol. The molecular formula is C14H13N4NaO3. The zero-order chi connectivity index (χ0) is 14.6. The third kappa shape index (κ3) is 2.25. The van der Waals surface area contributed by atoms with Gasteiger partial charge in [0.2, 0.25) is 0 Å². The average Bonchev–Trinajstić information content (AvgIpc) is 3.05. The first-order valence-electron chi connectivity index (χ1n) is 6.88. The number of β-lactam (4-membered cyclic amide) rings is 1. The molecule has 3 aliphatic heterocycles. The Bertz CT molecular complexity index is 698. The first-order valence-corrected chi connectivity index (χ1v) is 6.88. The molecule has 1 aromatic rings. The summed E-state index contributed by atoms with van der Waals surface area (Å²) in [6, 6.07) is -0.178. The molecule has 0 radical (unpaired) electrons. The Balaban J connectivity index is 0.00000144. The molecule has 3 aliphatic rings. The van der Waals surface area contributed by atoms with Crippen LogP contribution in [0.1, 0.15) is 17.9 Å². The van der Waals surface area contributed by atoms with Crippen molar-refractivity contribution in [3.05, 3.63) is 35.1 Å². The molecule has 7 nitrogen and oxygen atoms in total. The van der Waals surface area contributed by atoms with Crippen molar-refractivity contribution in [3.8, 4) is 0 Å². The van der Waals surface area contributed by atoms with Gasteiger partial charge in [0.25, 0.3) is 5.91 Å². The zero-order valence-electron chi connectivity index (χ0n) is 12.2. The van der Waals surface area contributed by atoms with Crippen LogP contribution in [0.15, 0.2) is 23.5 Å². The first-order chi connectivity index (χ1) is 10.1. The van der Waals surface area contributed by atoms with Gasteiger partial charge in [0.05, 0.1) is 29.9 Å². The number of hydrogen-bond donors (Lipinski definition) is 1.